The average molecular weight is 343 g/mol. The van der Waals surface area contributed by atoms with Crippen LogP contribution in [0.1, 0.15) is 48.5 Å². The van der Waals surface area contributed by atoms with Gasteiger partial charge in [-0.3, -0.25) is 4.79 Å². The Labute approximate surface area is 145 Å². The molecule has 2 aromatic rings. The molecule has 0 saturated heterocycles. The van der Waals surface area contributed by atoms with Gasteiger partial charge in [0.05, 0.1) is 18.9 Å². The number of methoxy groups -OCH3 is 1. The SMILES string of the molecule is COc1cc([C@@H]2CC(=O)Nc3ccsc32)ccc1OC1CCCC1. The van der Waals surface area contributed by atoms with E-state index in [0.717, 1.165) is 35.6 Å². The molecule has 0 radical (unpaired) electrons. The van der Waals surface area contributed by atoms with E-state index in [1.54, 1.807) is 18.4 Å². The smallest absolute Gasteiger partial charge is 0.225 e. The van der Waals surface area contributed by atoms with Crippen molar-refractivity contribution >= 4 is 22.9 Å². The molecular weight excluding hydrogens is 322 g/mol. The number of ether oxygens (including phenoxy) is 2. The first-order valence-electron chi connectivity index (χ1n) is 8.46. The van der Waals surface area contributed by atoms with Crippen molar-refractivity contribution in [2.24, 2.45) is 0 Å². The maximum absolute atomic E-state index is 12.0. The zero-order valence-electron chi connectivity index (χ0n) is 13.7. The fraction of sp³-hybridized carbons (Fsp3) is 0.421. The van der Waals surface area contributed by atoms with E-state index in [-0.39, 0.29) is 11.8 Å². The number of carbonyl (C=O) groups excluding carboxylic acids is 1. The minimum atomic E-state index is 0.0659. The fourth-order valence-electron chi connectivity index (χ4n) is 3.63. The molecule has 1 saturated carbocycles. The molecule has 2 aliphatic rings. The molecule has 1 N–H and O–H groups in total. The number of anilines is 1. The van der Waals surface area contributed by atoms with Crippen molar-refractivity contribution in [3.05, 3.63) is 40.1 Å². The number of thiophene rings is 1. The van der Waals surface area contributed by atoms with Crippen LogP contribution in [0.25, 0.3) is 0 Å². The van der Waals surface area contributed by atoms with Crippen LogP contribution in [0.3, 0.4) is 0 Å². The van der Waals surface area contributed by atoms with E-state index in [4.69, 9.17) is 9.47 Å². The number of amides is 1. The van der Waals surface area contributed by atoms with Gasteiger partial charge in [0.1, 0.15) is 0 Å². The van der Waals surface area contributed by atoms with Crippen LogP contribution in [0.5, 0.6) is 11.5 Å². The Kier molecular flexibility index (Phi) is 4.19. The quantitative estimate of drug-likeness (QED) is 0.886. The van der Waals surface area contributed by atoms with E-state index < -0.39 is 0 Å². The van der Waals surface area contributed by atoms with Gasteiger partial charge in [-0.25, -0.2) is 0 Å². The Morgan fingerprint density at radius 1 is 1.17 bits per heavy atom. The van der Waals surface area contributed by atoms with E-state index in [1.807, 2.05) is 23.6 Å². The van der Waals surface area contributed by atoms with E-state index >= 15 is 0 Å². The molecule has 0 spiro atoms. The number of fused-ring (bicyclic) bond motifs is 1. The molecule has 2 heterocycles. The lowest BCUT2D eigenvalue weighted by atomic mass is 9.90. The summed E-state index contributed by atoms with van der Waals surface area (Å²) in [7, 11) is 1.67. The molecule has 1 aliphatic carbocycles. The van der Waals surface area contributed by atoms with Crippen molar-refractivity contribution < 1.29 is 14.3 Å². The normalized spacial score (nSPS) is 20.5. The molecule has 4 rings (SSSR count). The van der Waals surface area contributed by atoms with Crippen molar-refractivity contribution in [3.8, 4) is 11.5 Å². The lowest BCUT2D eigenvalue weighted by Gasteiger charge is -2.24. The topological polar surface area (TPSA) is 47.6 Å². The highest BCUT2D eigenvalue weighted by Gasteiger charge is 2.28. The summed E-state index contributed by atoms with van der Waals surface area (Å²) in [5, 5.41) is 4.97. The Balaban J connectivity index is 1.63. The summed E-state index contributed by atoms with van der Waals surface area (Å²) in [5.74, 6) is 1.71. The zero-order chi connectivity index (χ0) is 16.5. The third kappa shape index (κ3) is 2.88. The molecule has 0 bridgehead atoms. The Hall–Kier alpha value is -2.01. The van der Waals surface area contributed by atoms with Crippen LogP contribution in [0, 0.1) is 0 Å². The highest BCUT2D eigenvalue weighted by molar-refractivity contribution is 7.10. The minimum Gasteiger partial charge on any atom is -0.493 e. The van der Waals surface area contributed by atoms with Gasteiger partial charge in [0.15, 0.2) is 11.5 Å². The summed E-state index contributed by atoms with van der Waals surface area (Å²) in [6, 6.07) is 8.06. The van der Waals surface area contributed by atoms with Gasteiger partial charge in [-0.15, -0.1) is 11.3 Å². The summed E-state index contributed by atoms with van der Waals surface area (Å²) in [6.07, 6.45) is 5.49. The highest BCUT2D eigenvalue weighted by atomic mass is 32.1. The first-order valence-corrected chi connectivity index (χ1v) is 9.34. The number of nitrogens with one attached hydrogen (secondary N) is 1. The maximum Gasteiger partial charge on any atom is 0.225 e. The molecule has 4 nitrogen and oxygen atoms in total. The van der Waals surface area contributed by atoms with E-state index in [0.29, 0.717) is 12.5 Å². The van der Waals surface area contributed by atoms with E-state index in [9.17, 15) is 4.79 Å². The first kappa shape index (κ1) is 15.5. The van der Waals surface area contributed by atoms with Crippen molar-refractivity contribution in [2.75, 3.05) is 12.4 Å². The summed E-state index contributed by atoms with van der Waals surface area (Å²) in [5.41, 5.74) is 2.04. The van der Waals surface area contributed by atoms with Gasteiger partial charge in [-0.1, -0.05) is 6.07 Å². The summed E-state index contributed by atoms with van der Waals surface area (Å²) < 4.78 is 11.7. The molecule has 1 aromatic heterocycles. The number of rotatable bonds is 4. The van der Waals surface area contributed by atoms with Gasteiger partial charge in [0.25, 0.3) is 0 Å². The average Bonchev–Trinajstić information content (AvgIpc) is 3.25. The molecule has 126 valence electrons. The predicted octanol–water partition coefficient (Wildman–Crippen LogP) is 4.55. The van der Waals surface area contributed by atoms with Gasteiger partial charge in [-0.05, 0) is 54.8 Å². The second kappa shape index (κ2) is 6.48. The fourth-order valence-corrected chi connectivity index (χ4v) is 4.61. The van der Waals surface area contributed by atoms with Gasteiger partial charge in [-0.2, -0.15) is 0 Å². The number of benzene rings is 1. The standard InChI is InChI=1S/C19H21NO3S/c1-22-17-10-12(6-7-16(17)23-13-4-2-3-5-13)14-11-18(21)20-15-8-9-24-19(14)15/h6-10,13-14H,2-5,11H2,1H3,(H,20,21)/t14-/m0/s1. The van der Waals surface area contributed by atoms with Gasteiger partial charge in [0.2, 0.25) is 5.91 Å². The van der Waals surface area contributed by atoms with E-state index in [1.165, 1.54) is 17.7 Å². The molecule has 1 atom stereocenters. The van der Waals surface area contributed by atoms with Crippen LogP contribution in [0.2, 0.25) is 0 Å². The van der Waals surface area contributed by atoms with Crippen molar-refractivity contribution in [3.63, 3.8) is 0 Å². The Morgan fingerprint density at radius 3 is 2.79 bits per heavy atom. The predicted molar refractivity (Wildman–Crippen MR) is 95.3 cm³/mol. The lowest BCUT2D eigenvalue weighted by Crippen LogP contribution is -2.22. The number of carbonyl (C=O) groups is 1. The van der Waals surface area contributed by atoms with Crippen LogP contribution < -0.4 is 14.8 Å². The summed E-state index contributed by atoms with van der Waals surface area (Å²) >= 11 is 1.69. The number of hydrogen-bond acceptors (Lipinski definition) is 4. The maximum atomic E-state index is 12.0. The largest absolute Gasteiger partial charge is 0.493 e. The first-order chi connectivity index (χ1) is 11.7. The van der Waals surface area contributed by atoms with Gasteiger partial charge < -0.3 is 14.8 Å². The third-order valence-corrected chi connectivity index (χ3v) is 5.89. The molecule has 0 unspecified atom stereocenters. The van der Waals surface area contributed by atoms with Crippen molar-refractivity contribution in [1.29, 1.82) is 0 Å². The Bertz CT molecular complexity index is 749. The third-order valence-electron chi connectivity index (χ3n) is 4.86. The minimum absolute atomic E-state index is 0.0659. The second-order valence-electron chi connectivity index (χ2n) is 6.44. The molecule has 5 heteroatoms. The molecule has 1 aliphatic heterocycles. The van der Waals surface area contributed by atoms with Gasteiger partial charge >= 0.3 is 0 Å². The van der Waals surface area contributed by atoms with Crippen molar-refractivity contribution in [1.82, 2.24) is 0 Å². The van der Waals surface area contributed by atoms with Gasteiger partial charge in [0, 0.05) is 17.2 Å². The second-order valence-corrected chi connectivity index (χ2v) is 7.39. The number of hydrogen-bond donors (Lipinski definition) is 1. The lowest BCUT2D eigenvalue weighted by molar-refractivity contribution is -0.116. The summed E-state index contributed by atoms with van der Waals surface area (Å²) in [6.45, 7) is 0. The van der Waals surface area contributed by atoms with Crippen LogP contribution in [0.15, 0.2) is 29.6 Å². The molecule has 1 amide bonds. The summed E-state index contributed by atoms with van der Waals surface area (Å²) in [4.78, 5) is 13.2. The monoisotopic (exact) mass is 343 g/mol. The molecule has 1 aromatic carbocycles. The van der Waals surface area contributed by atoms with Crippen LogP contribution >= 0.6 is 11.3 Å². The molecular formula is C19H21NO3S. The highest BCUT2D eigenvalue weighted by Crippen LogP contribution is 2.43. The van der Waals surface area contributed by atoms with Crippen LogP contribution in [-0.2, 0) is 4.79 Å². The zero-order valence-corrected chi connectivity index (χ0v) is 14.5. The van der Waals surface area contributed by atoms with Crippen LogP contribution in [0.4, 0.5) is 5.69 Å². The Morgan fingerprint density at radius 2 is 2.00 bits per heavy atom. The molecule has 24 heavy (non-hydrogen) atoms. The molecule has 1 fully saturated rings. The van der Waals surface area contributed by atoms with Crippen LogP contribution in [-0.4, -0.2) is 19.1 Å². The van der Waals surface area contributed by atoms with Crippen molar-refractivity contribution in [2.45, 2.75) is 44.1 Å². The van der Waals surface area contributed by atoms with E-state index in [2.05, 4.69) is 11.4 Å².